The molecule has 0 unspecified atom stereocenters. The first-order valence-corrected chi connectivity index (χ1v) is 6.40. The largest absolute Gasteiger partial charge is 0.469 e. The Hall–Kier alpha value is -2.70. The molecule has 0 fully saturated rings. The van der Waals surface area contributed by atoms with Gasteiger partial charge >= 0.3 is 5.97 Å². The molecule has 0 aliphatic carbocycles. The maximum Gasteiger partial charge on any atom is 0.307 e. The number of methoxy groups -OCH3 is 1. The summed E-state index contributed by atoms with van der Waals surface area (Å²) in [6, 6.07) is 7.07. The summed E-state index contributed by atoms with van der Waals surface area (Å²) in [5.74, 6) is -0.751. The Morgan fingerprint density at radius 3 is 2.86 bits per heavy atom. The molecule has 110 valence electrons. The number of hydrogen-bond acceptors (Lipinski definition) is 5. The smallest absolute Gasteiger partial charge is 0.307 e. The van der Waals surface area contributed by atoms with E-state index in [0.29, 0.717) is 11.0 Å². The van der Waals surface area contributed by atoms with Gasteiger partial charge in [-0.05, 0) is 12.1 Å². The molecule has 7 nitrogen and oxygen atoms in total. The molecule has 0 saturated heterocycles. The van der Waals surface area contributed by atoms with E-state index in [1.807, 2.05) is 0 Å². The van der Waals surface area contributed by atoms with E-state index >= 15 is 0 Å². The molecule has 2 aromatic rings. The number of fused-ring (bicyclic) bond motifs is 1. The van der Waals surface area contributed by atoms with E-state index in [-0.39, 0.29) is 31.0 Å². The minimum atomic E-state index is -0.401. The zero-order chi connectivity index (χ0) is 15.2. The number of amides is 1. The van der Waals surface area contributed by atoms with Crippen LogP contribution in [0, 0.1) is 0 Å². The number of carbonyl (C=O) groups excluding carboxylic acids is 2. The first kappa shape index (κ1) is 14.7. The number of esters is 1. The van der Waals surface area contributed by atoms with E-state index in [4.69, 9.17) is 0 Å². The highest BCUT2D eigenvalue weighted by molar-refractivity contribution is 5.80. The molecule has 1 aromatic carbocycles. The van der Waals surface area contributed by atoms with Crippen LogP contribution in [0.1, 0.15) is 6.42 Å². The number of carbonyl (C=O) groups is 2. The van der Waals surface area contributed by atoms with Crippen LogP contribution in [0.2, 0.25) is 0 Å². The number of nitrogens with zero attached hydrogens (tertiary/aromatic N) is 2. The highest BCUT2D eigenvalue weighted by Gasteiger charge is 2.09. The van der Waals surface area contributed by atoms with E-state index in [0.717, 1.165) is 0 Å². The predicted octanol–water partition coefficient (Wildman–Crippen LogP) is 0.0758. The molecule has 0 aliphatic heterocycles. The normalized spacial score (nSPS) is 10.3. The molecule has 21 heavy (non-hydrogen) atoms. The fourth-order valence-electron chi connectivity index (χ4n) is 1.88. The van der Waals surface area contributed by atoms with Crippen molar-refractivity contribution in [3.05, 3.63) is 40.8 Å². The minimum Gasteiger partial charge on any atom is -0.469 e. The molecule has 7 heteroatoms. The average Bonchev–Trinajstić information content (AvgIpc) is 2.50. The molecular weight excluding hydrogens is 274 g/mol. The fraction of sp³-hybridized carbons (Fsp3) is 0.286. The third-order valence-electron chi connectivity index (χ3n) is 2.93. The van der Waals surface area contributed by atoms with E-state index in [1.165, 1.54) is 17.9 Å². The number of benzene rings is 1. The van der Waals surface area contributed by atoms with Gasteiger partial charge in [-0.25, -0.2) is 4.98 Å². The first-order chi connectivity index (χ1) is 10.1. The summed E-state index contributed by atoms with van der Waals surface area (Å²) < 4.78 is 5.82. The van der Waals surface area contributed by atoms with Gasteiger partial charge in [0.05, 0.1) is 30.8 Å². The van der Waals surface area contributed by atoms with Crippen molar-refractivity contribution < 1.29 is 14.3 Å². The van der Waals surface area contributed by atoms with Crippen molar-refractivity contribution in [2.75, 3.05) is 13.7 Å². The van der Waals surface area contributed by atoms with Gasteiger partial charge in [-0.1, -0.05) is 12.1 Å². The van der Waals surface area contributed by atoms with Gasteiger partial charge in [0.15, 0.2) is 0 Å². The van der Waals surface area contributed by atoms with Crippen molar-refractivity contribution in [3.8, 4) is 0 Å². The Balaban J connectivity index is 2.09. The second kappa shape index (κ2) is 6.65. The summed E-state index contributed by atoms with van der Waals surface area (Å²) in [4.78, 5) is 38.6. The molecule has 0 atom stereocenters. The fourth-order valence-corrected chi connectivity index (χ4v) is 1.88. The highest BCUT2D eigenvalue weighted by atomic mass is 16.5. The molecule has 0 bridgehead atoms. The molecule has 0 saturated carbocycles. The molecule has 1 amide bonds. The molecule has 1 N–H and O–H groups in total. The Morgan fingerprint density at radius 2 is 2.10 bits per heavy atom. The third kappa shape index (κ3) is 3.65. The van der Waals surface area contributed by atoms with E-state index in [1.54, 1.807) is 24.3 Å². The number of nitrogens with one attached hydrogen (secondary N) is 1. The zero-order valence-electron chi connectivity index (χ0n) is 11.5. The van der Waals surface area contributed by atoms with Crippen LogP contribution in [0.5, 0.6) is 0 Å². The second-order valence-corrected chi connectivity index (χ2v) is 4.35. The summed E-state index contributed by atoms with van der Waals surface area (Å²) >= 11 is 0. The molecule has 0 aliphatic rings. The van der Waals surface area contributed by atoms with Crippen molar-refractivity contribution in [3.63, 3.8) is 0 Å². The number of aromatic nitrogens is 2. The van der Waals surface area contributed by atoms with Crippen LogP contribution in [0.4, 0.5) is 0 Å². The molecule has 1 heterocycles. The van der Waals surface area contributed by atoms with Gasteiger partial charge in [0, 0.05) is 6.54 Å². The quantitative estimate of drug-likeness (QED) is 0.787. The minimum absolute atomic E-state index is 0.0915. The molecule has 0 spiro atoms. The lowest BCUT2D eigenvalue weighted by molar-refractivity contribution is -0.140. The second-order valence-electron chi connectivity index (χ2n) is 4.35. The lowest BCUT2D eigenvalue weighted by Gasteiger charge is -2.09. The number of ether oxygens (including phenoxy) is 1. The molecule has 1 aromatic heterocycles. The summed E-state index contributed by atoms with van der Waals surface area (Å²) in [5, 5.41) is 2.57. The summed E-state index contributed by atoms with van der Waals surface area (Å²) in [7, 11) is 1.28. The third-order valence-corrected chi connectivity index (χ3v) is 2.93. The van der Waals surface area contributed by atoms with Crippen molar-refractivity contribution >= 4 is 22.9 Å². The van der Waals surface area contributed by atoms with Crippen LogP contribution < -0.4 is 10.9 Å². The SMILES string of the molecule is COC(=O)CCNC(=O)Cn1c(=O)cnc2ccccc21. The van der Waals surface area contributed by atoms with Crippen LogP contribution in [0.3, 0.4) is 0 Å². The Kier molecular flexibility index (Phi) is 4.65. The van der Waals surface area contributed by atoms with Gasteiger partial charge in [-0.3, -0.25) is 19.0 Å². The van der Waals surface area contributed by atoms with E-state index in [2.05, 4.69) is 15.0 Å². The lowest BCUT2D eigenvalue weighted by atomic mass is 10.3. The Morgan fingerprint density at radius 1 is 1.33 bits per heavy atom. The highest BCUT2D eigenvalue weighted by Crippen LogP contribution is 2.07. The standard InChI is InChI=1S/C14H15N3O4/c1-21-14(20)6-7-15-12(18)9-17-11-5-3-2-4-10(11)16-8-13(17)19/h2-5,8H,6-7,9H2,1H3,(H,15,18). The lowest BCUT2D eigenvalue weighted by Crippen LogP contribution is -2.33. The summed E-state index contributed by atoms with van der Waals surface area (Å²) in [5.41, 5.74) is 0.879. The van der Waals surface area contributed by atoms with Crippen LogP contribution in [-0.4, -0.2) is 35.1 Å². The maximum atomic E-state index is 11.8. The average molecular weight is 289 g/mol. The number of para-hydroxylation sites is 2. The number of hydrogen-bond donors (Lipinski definition) is 1. The molecular formula is C14H15N3O4. The molecule has 0 radical (unpaired) electrons. The van der Waals surface area contributed by atoms with Crippen LogP contribution >= 0.6 is 0 Å². The van der Waals surface area contributed by atoms with Crippen molar-refractivity contribution in [1.82, 2.24) is 14.9 Å². The van der Waals surface area contributed by atoms with E-state index in [9.17, 15) is 14.4 Å². The van der Waals surface area contributed by atoms with Crippen molar-refractivity contribution in [2.45, 2.75) is 13.0 Å². The number of rotatable bonds is 5. The van der Waals surface area contributed by atoms with Crippen LogP contribution in [-0.2, 0) is 20.9 Å². The maximum absolute atomic E-state index is 11.8. The Labute approximate surface area is 120 Å². The van der Waals surface area contributed by atoms with E-state index < -0.39 is 5.97 Å². The van der Waals surface area contributed by atoms with Gasteiger partial charge in [-0.15, -0.1) is 0 Å². The van der Waals surface area contributed by atoms with Gasteiger partial charge in [0.25, 0.3) is 5.56 Å². The van der Waals surface area contributed by atoms with Gasteiger partial charge in [-0.2, -0.15) is 0 Å². The summed E-state index contributed by atoms with van der Waals surface area (Å²) in [6.45, 7) is 0.0479. The monoisotopic (exact) mass is 289 g/mol. The van der Waals surface area contributed by atoms with Gasteiger partial charge < -0.3 is 10.1 Å². The molecule has 2 rings (SSSR count). The van der Waals surface area contributed by atoms with Crippen molar-refractivity contribution in [2.24, 2.45) is 0 Å². The predicted molar refractivity (Wildman–Crippen MR) is 75.6 cm³/mol. The van der Waals surface area contributed by atoms with Crippen molar-refractivity contribution in [1.29, 1.82) is 0 Å². The Bertz CT molecular complexity index is 723. The van der Waals surface area contributed by atoms with Crippen LogP contribution in [0.25, 0.3) is 11.0 Å². The van der Waals surface area contributed by atoms with Crippen LogP contribution in [0.15, 0.2) is 35.3 Å². The van der Waals surface area contributed by atoms with Gasteiger partial charge in [0.2, 0.25) is 5.91 Å². The van der Waals surface area contributed by atoms with Gasteiger partial charge in [0.1, 0.15) is 6.54 Å². The first-order valence-electron chi connectivity index (χ1n) is 6.40. The zero-order valence-corrected chi connectivity index (χ0v) is 11.5. The topological polar surface area (TPSA) is 90.3 Å². The summed E-state index contributed by atoms with van der Waals surface area (Å²) in [6.07, 6.45) is 1.28.